The van der Waals surface area contributed by atoms with Crippen molar-refractivity contribution < 1.29 is 18.0 Å². The van der Waals surface area contributed by atoms with Gasteiger partial charge in [0.15, 0.2) is 0 Å². The van der Waals surface area contributed by atoms with E-state index in [1.54, 1.807) is 17.0 Å². The van der Waals surface area contributed by atoms with Crippen molar-refractivity contribution in [2.24, 2.45) is 0 Å². The van der Waals surface area contributed by atoms with Crippen molar-refractivity contribution in [2.75, 3.05) is 32.7 Å². The molecule has 0 spiro atoms. The first-order valence-electron chi connectivity index (χ1n) is 7.75. The van der Waals surface area contributed by atoms with Crippen LogP contribution in [-0.4, -0.2) is 59.9 Å². The molecule has 1 fully saturated rings. The molecule has 0 radical (unpaired) electrons. The minimum atomic E-state index is -4.20. The molecule has 3 nitrogen and oxygen atoms in total. The first-order valence-corrected chi connectivity index (χ1v) is 9.00. The van der Waals surface area contributed by atoms with Crippen molar-refractivity contribution in [3.05, 3.63) is 29.3 Å². The summed E-state index contributed by atoms with van der Waals surface area (Å²) in [6.45, 7) is 2.36. The molecule has 1 aromatic carbocycles. The van der Waals surface area contributed by atoms with Crippen LogP contribution in [0.25, 0.3) is 0 Å². The van der Waals surface area contributed by atoms with Crippen LogP contribution in [-0.2, 0) is 4.79 Å². The summed E-state index contributed by atoms with van der Waals surface area (Å²) >= 11 is 7.27. The van der Waals surface area contributed by atoms with E-state index in [1.807, 2.05) is 19.1 Å². The van der Waals surface area contributed by atoms with Crippen LogP contribution in [0.4, 0.5) is 13.2 Å². The van der Waals surface area contributed by atoms with Gasteiger partial charge in [0.05, 0.1) is 11.8 Å². The maximum atomic E-state index is 12.6. The summed E-state index contributed by atoms with van der Waals surface area (Å²) in [5.41, 5.74) is 0. The largest absolute Gasteiger partial charge is 0.401 e. The molecule has 0 N–H and O–H groups in total. The van der Waals surface area contributed by atoms with Gasteiger partial charge in [-0.2, -0.15) is 13.2 Å². The zero-order valence-corrected chi connectivity index (χ0v) is 14.9. The molecule has 0 saturated carbocycles. The number of carbonyl (C=O) groups excluding carboxylic acids is 1. The number of nitrogens with zero attached hydrogens (tertiary/aromatic N) is 2. The Labute approximate surface area is 149 Å². The Hall–Kier alpha value is -0.920. The van der Waals surface area contributed by atoms with Crippen LogP contribution in [0, 0.1) is 0 Å². The number of hydrogen-bond acceptors (Lipinski definition) is 3. The van der Waals surface area contributed by atoms with E-state index in [0.29, 0.717) is 31.1 Å². The van der Waals surface area contributed by atoms with Crippen molar-refractivity contribution in [1.29, 1.82) is 0 Å². The lowest BCUT2D eigenvalue weighted by Crippen LogP contribution is -2.40. The number of rotatable bonds is 4. The van der Waals surface area contributed by atoms with E-state index < -0.39 is 12.7 Å². The molecular weight excluding hydrogens is 361 g/mol. The standard InChI is InChI=1S/C16H20ClF3N2OS/c1-12(24-14-5-3-13(17)4-6-14)15(23)22-8-2-7-21(9-10-22)11-16(18,19)20/h3-6,12H,2,7-11H2,1H3. The quantitative estimate of drug-likeness (QED) is 0.740. The zero-order valence-electron chi connectivity index (χ0n) is 13.4. The highest BCUT2D eigenvalue weighted by atomic mass is 35.5. The third kappa shape index (κ3) is 6.18. The molecule has 1 heterocycles. The fourth-order valence-electron chi connectivity index (χ4n) is 2.63. The smallest absolute Gasteiger partial charge is 0.340 e. The monoisotopic (exact) mass is 380 g/mol. The lowest BCUT2D eigenvalue weighted by molar-refractivity contribution is -0.145. The summed E-state index contributed by atoms with van der Waals surface area (Å²) in [4.78, 5) is 16.5. The molecule has 1 aromatic rings. The number of hydrogen-bond donors (Lipinski definition) is 0. The van der Waals surface area contributed by atoms with Crippen LogP contribution < -0.4 is 0 Å². The maximum absolute atomic E-state index is 12.6. The highest BCUT2D eigenvalue weighted by molar-refractivity contribution is 8.00. The molecule has 1 unspecified atom stereocenters. The van der Waals surface area contributed by atoms with Crippen LogP contribution in [0.2, 0.25) is 5.02 Å². The van der Waals surface area contributed by atoms with Crippen molar-refractivity contribution in [1.82, 2.24) is 9.80 Å². The van der Waals surface area contributed by atoms with Gasteiger partial charge in [0.2, 0.25) is 5.91 Å². The van der Waals surface area contributed by atoms with Crippen molar-refractivity contribution >= 4 is 29.3 Å². The summed E-state index contributed by atoms with van der Waals surface area (Å²) in [7, 11) is 0. The van der Waals surface area contributed by atoms with Crippen molar-refractivity contribution in [3.63, 3.8) is 0 Å². The van der Waals surface area contributed by atoms with Gasteiger partial charge in [-0.1, -0.05) is 11.6 Å². The fraction of sp³-hybridized carbons (Fsp3) is 0.562. The maximum Gasteiger partial charge on any atom is 0.401 e. The summed E-state index contributed by atoms with van der Waals surface area (Å²) in [6, 6.07) is 7.23. The number of halogens is 4. The van der Waals surface area contributed by atoms with Gasteiger partial charge in [-0.05, 0) is 37.6 Å². The molecule has 1 amide bonds. The second-order valence-corrected chi connectivity index (χ2v) is 7.63. The molecule has 1 atom stereocenters. The molecule has 2 rings (SSSR count). The van der Waals surface area contributed by atoms with Crippen LogP contribution in [0.1, 0.15) is 13.3 Å². The first-order chi connectivity index (χ1) is 11.2. The van der Waals surface area contributed by atoms with E-state index in [0.717, 1.165) is 4.90 Å². The Kier molecular flexibility index (Phi) is 6.83. The average Bonchev–Trinajstić information content (AvgIpc) is 2.72. The molecule has 1 aliphatic rings. The summed E-state index contributed by atoms with van der Waals surface area (Å²) in [5, 5.41) is 0.343. The molecule has 1 aliphatic heterocycles. The van der Waals surface area contributed by atoms with Gasteiger partial charge in [-0.25, -0.2) is 0 Å². The Bertz CT molecular complexity index is 553. The van der Waals surface area contributed by atoms with E-state index in [-0.39, 0.29) is 17.7 Å². The molecule has 0 aromatic heterocycles. The van der Waals surface area contributed by atoms with Gasteiger partial charge < -0.3 is 4.90 Å². The van der Waals surface area contributed by atoms with Gasteiger partial charge >= 0.3 is 6.18 Å². The topological polar surface area (TPSA) is 23.6 Å². The first kappa shape index (κ1) is 19.4. The van der Waals surface area contributed by atoms with Gasteiger partial charge in [0.1, 0.15) is 0 Å². The van der Waals surface area contributed by atoms with E-state index >= 15 is 0 Å². The predicted molar refractivity (Wildman–Crippen MR) is 90.5 cm³/mol. The van der Waals surface area contributed by atoms with Crippen LogP contribution in [0.5, 0.6) is 0 Å². The van der Waals surface area contributed by atoms with E-state index in [2.05, 4.69) is 0 Å². The normalized spacial score (nSPS) is 18.3. The number of carbonyl (C=O) groups is 1. The Morgan fingerprint density at radius 1 is 1.21 bits per heavy atom. The van der Waals surface area contributed by atoms with Crippen LogP contribution >= 0.6 is 23.4 Å². The lowest BCUT2D eigenvalue weighted by atomic mass is 10.3. The van der Waals surface area contributed by atoms with Crippen LogP contribution in [0.15, 0.2) is 29.2 Å². The highest BCUT2D eigenvalue weighted by Crippen LogP contribution is 2.26. The van der Waals surface area contributed by atoms with Gasteiger partial charge in [-0.3, -0.25) is 9.69 Å². The van der Waals surface area contributed by atoms with Gasteiger partial charge in [0.25, 0.3) is 0 Å². The summed E-state index contributed by atoms with van der Waals surface area (Å²) in [6.07, 6.45) is -3.64. The average molecular weight is 381 g/mol. The zero-order chi connectivity index (χ0) is 17.7. The molecule has 8 heteroatoms. The second kappa shape index (κ2) is 8.45. The van der Waals surface area contributed by atoms with Gasteiger partial charge in [0, 0.05) is 36.1 Å². The minimum absolute atomic E-state index is 0.0381. The minimum Gasteiger partial charge on any atom is -0.340 e. The summed E-state index contributed by atoms with van der Waals surface area (Å²) < 4.78 is 37.5. The lowest BCUT2D eigenvalue weighted by Gasteiger charge is -2.25. The molecule has 1 saturated heterocycles. The van der Waals surface area contributed by atoms with Gasteiger partial charge in [-0.15, -0.1) is 11.8 Å². The Morgan fingerprint density at radius 2 is 1.88 bits per heavy atom. The van der Waals surface area contributed by atoms with Crippen LogP contribution in [0.3, 0.4) is 0 Å². The Morgan fingerprint density at radius 3 is 2.50 bits per heavy atom. The number of amides is 1. The predicted octanol–water partition coefficient (Wildman–Crippen LogP) is 3.92. The number of thioether (sulfide) groups is 1. The number of alkyl halides is 3. The SMILES string of the molecule is CC(Sc1ccc(Cl)cc1)C(=O)N1CCCN(CC(F)(F)F)CC1. The third-order valence-electron chi connectivity index (χ3n) is 3.78. The van der Waals surface area contributed by atoms with E-state index in [4.69, 9.17) is 11.6 Å². The van der Waals surface area contributed by atoms with E-state index in [1.165, 1.54) is 16.7 Å². The molecule has 0 bridgehead atoms. The molecule has 134 valence electrons. The third-order valence-corrected chi connectivity index (χ3v) is 5.13. The molecule has 24 heavy (non-hydrogen) atoms. The Balaban J connectivity index is 1.88. The van der Waals surface area contributed by atoms with Crippen molar-refractivity contribution in [2.45, 2.75) is 29.7 Å². The number of benzene rings is 1. The summed E-state index contributed by atoms with van der Waals surface area (Å²) in [5.74, 6) is -0.0381. The highest BCUT2D eigenvalue weighted by Gasteiger charge is 2.32. The van der Waals surface area contributed by atoms with Crippen molar-refractivity contribution in [3.8, 4) is 0 Å². The fourth-order valence-corrected chi connectivity index (χ4v) is 3.71. The second-order valence-electron chi connectivity index (χ2n) is 5.78. The molecule has 0 aliphatic carbocycles. The van der Waals surface area contributed by atoms with E-state index in [9.17, 15) is 18.0 Å². The molecular formula is C16H20ClF3N2OS.